The summed E-state index contributed by atoms with van der Waals surface area (Å²) in [5.74, 6) is 1.56. The smallest absolute Gasteiger partial charge is 0.0733 e. The summed E-state index contributed by atoms with van der Waals surface area (Å²) in [5, 5.41) is 0. The molecule has 0 unspecified atom stereocenters. The van der Waals surface area contributed by atoms with Crippen molar-refractivity contribution in [1.82, 2.24) is 0 Å². The molecule has 1 heterocycles. The Hall–Kier alpha value is -0.830. The van der Waals surface area contributed by atoms with Crippen molar-refractivity contribution in [3.8, 4) is 0 Å². The molecule has 0 N–H and O–H groups in total. The number of nitrogens with zero attached hydrogens (tertiary/aromatic N) is 1. The van der Waals surface area contributed by atoms with Crippen LogP contribution in [-0.4, -0.2) is 15.7 Å². The molecule has 14 heavy (non-hydrogen) atoms. The molecule has 0 bridgehead atoms. The highest BCUT2D eigenvalue weighted by Crippen LogP contribution is 2.22. The molecule has 0 spiro atoms. The lowest BCUT2D eigenvalue weighted by atomic mass is 10.1. The first-order valence-corrected chi connectivity index (χ1v) is 6.89. The summed E-state index contributed by atoms with van der Waals surface area (Å²) in [6.45, 7) is 2.11. The molecule has 1 fully saturated rings. The zero-order chi connectivity index (χ0) is 10.0. The maximum atomic E-state index is 11.8. The van der Waals surface area contributed by atoms with E-state index < -0.39 is 9.73 Å². The first-order chi connectivity index (χ1) is 6.72. The molecular formula is C11H15NOS. The zero-order valence-electron chi connectivity index (χ0n) is 8.40. The Morgan fingerprint density at radius 3 is 2.79 bits per heavy atom. The van der Waals surface area contributed by atoms with Crippen LogP contribution in [0.4, 0.5) is 5.69 Å². The molecule has 1 saturated heterocycles. The number of rotatable bonds is 2. The molecule has 76 valence electrons. The standard InChI is InChI=1S/C11H15NOS/c1-2-10-5-3-6-11(9-10)12-14(13)7-4-8-14/h3,5-6,9H,2,4,7-8H2,1H3. The van der Waals surface area contributed by atoms with Crippen molar-refractivity contribution in [1.29, 1.82) is 0 Å². The number of hydrogen-bond acceptors (Lipinski definition) is 2. The SMILES string of the molecule is CCc1cccc(N=S2(=O)CCC2)c1. The maximum absolute atomic E-state index is 11.8. The first-order valence-electron chi connectivity index (χ1n) is 5.03. The van der Waals surface area contributed by atoms with Crippen molar-refractivity contribution >= 4 is 15.4 Å². The molecule has 0 atom stereocenters. The third kappa shape index (κ3) is 1.98. The summed E-state index contributed by atoms with van der Waals surface area (Å²) in [7, 11) is -1.84. The monoisotopic (exact) mass is 209 g/mol. The van der Waals surface area contributed by atoms with Gasteiger partial charge in [0.25, 0.3) is 0 Å². The van der Waals surface area contributed by atoms with E-state index in [4.69, 9.17) is 0 Å². The Morgan fingerprint density at radius 1 is 1.43 bits per heavy atom. The molecule has 2 nitrogen and oxygen atoms in total. The van der Waals surface area contributed by atoms with Crippen LogP contribution >= 0.6 is 0 Å². The fourth-order valence-electron chi connectivity index (χ4n) is 1.51. The lowest BCUT2D eigenvalue weighted by Crippen LogP contribution is -2.22. The van der Waals surface area contributed by atoms with Crippen LogP contribution < -0.4 is 0 Å². The summed E-state index contributed by atoms with van der Waals surface area (Å²) in [6, 6.07) is 8.03. The summed E-state index contributed by atoms with van der Waals surface area (Å²) in [5.41, 5.74) is 2.14. The number of benzene rings is 1. The van der Waals surface area contributed by atoms with E-state index in [1.165, 1.54) is 5.56 Å². The fraction of sp³-hybridized carbons (Fsp3) is 0.455. The van der Waals surface area contributed by atoms with Gasteiger partial charge in [0.05, 0.1) is 15.4 Å². The second kappa shape index (κ2) is 3.73. The molecule has 0 aliphatic carbocycles. The Bertz CT molecular complexity index is 434. The summed E-state index contributed by atoms with van der Waals surface area (Å²) in [6.07, 6.45) is 2.07. The van der Waals surface area contributed by atoms with Crippen molar-refractivity contribution in [2.75, 3.05) is 11.5 Å². The summed E-state index contributed by atoms with van der Waals surface area (Å²) in [4.78, 5) is 0. The Labute approximate surface area is 85.5 Å². The predicted molar refractivity (Wildman–Crippen MR) is 60.4 cm³/mol. The van der Waals surface area contributed by atoms with E-state index in [2.05, 4.69) is 17.4 Å². The van der Waals surface area contributed by atoms with Crippen LogP contribution in [0.2, 0.25) is 0 Å². The molecule has 2 rings (SSSR count). The molecular weight excluding hydrogens is 194 g/mol. The molecule has 1 aromatic rings. The minimum Gasteiger partial charge on any atom is -0.249 e. The van der Waals surface area contributed by atoms with Gasteiger partial charge in [-0.2, -0.15) is 4.36 Å². The van der Waals surface area contributed by atoms with E-state index in [1.807, 2.05) is 18.2 Å². The molecule has 0 radical (unpaired) electrons. The van der Waals surface area contributed by atoms with Crippen LogP contribution in [0, 0.1) is 0 Å². The zero-order valence-corrected chi connectivity index (χ0v) is 9.22. The average molecular weight is 209 g/mol. The van der Waals surface area contributed by atoms with Crippen molar-refractivity contribution in [3.63, 3.8) is 0 Å². The molecule has 0 saturated carbocycles. The van der Waals surface area contributed by atoms with Crippen LogP contribution in [0.1, 0.15) is 18.9 Å². The molecule has 0 aromatic heterocycles. The third-order valence-corrected chi connectivity index (χ3v) is 4.91. The average Bonchev–Trinajstić information content (AvgIpc) is 2.16. The van der Waals surface area contributed by atoms with E-state index in [1.54, 1.807) is 0 Å². The van der Waals surface area contributed by atoms with E-state index in [-0.39, 0.29) is 0 Å². The van der Waals surface area contributed by atoms with Gasteiger partial charge in [-0.1, -0.05) is 19.1 Å². The maximum Gasteiger partial charge on any atom is 0.0733 e. The van der Waals surface area contributed by atoms with Gasteiger partial charge in [0.1, 0.15) is 0 Å². The Kier molecular flexibility index (Phi) is 2.59. The quantitative estimate of drug-likeness (QED) is 0.736. The Balaban J connectivity index is 2.33. The third-order valence-electron chi connectivity index (χ3n) is 2.52. The van der Waals surface area contributed by atoms with Crippen molar-refractivity contribution in [2.45, 2.75) is 19.8 Å². The highest BCUT2D eigenvalue weighted by molar-refractivity contribution is 7.95. The van der Waals surface area contributed by atoms with Gasteiger partial charge in [-0.05, 0) is 30.5 Å². The van der Waals surface area contributed by atoms with Gasteiger partial charge in [0, 0.05) is 11.5 Å². The topological polar surface area (TPSA) is 29.4 Å². The van der Waals surface area contributed by atoms with Gasteiger partial charge in [-0.25, -0.2) is 4.21 Å². The van der Waals surface area contributed by atoms with Gasteiger partial charge in [0.15, 0.2) is 0 Å². The second-order valence-corrected chi connectivity index (χ2v) is 6.19. The van der Waals surface area contributed by atoms with Crippen LogP contribution in [0.5, 0.6) is 0 Å². The van der Waals surface area contributed by atoms with E-state index in [9.17, 15) is 4.21 Å². The molecule has 1 aromatic carbocycles. The van der Waals surface area contributed by atoms with E-state index in [0.29, 0.717) is 0 Å². The van der Waals surface area contributed by atoms with E-state index >= 15 is 0 Å². The number of aryl methyl sites for hydroxylation is 1. The first kappa shape index (κ1) is 9.71. The highest BCUT2D eigenvalue weighted by Gasteiger charge is 2.18. The van der Waals surface area contributed by atoms with Gasteiger partial charge >= 0.3 is 0 Å². The molecule has 0 amide bonds. The number of hydrogen-bond donors (Lipinski definition) is 0. The van der Waals surface area contributed by atoms with Gasteiger partial charge in [0.2, 0.25) is 0 Å². The van der Waals surface area contributed by atoms with Crippen LogP contribution in [0.15, 0.2) is 28.6 Å². The van der Waals surface area contributed by atoms with Crippen molar-refractivity contribution < 1.29 is 4.21 Å². The van der Waals surface area contributed by atoms with E-state index in [0.717, 1.165) is 30.0 Å². The lowest BCUT2D eigenvalue weighted by Gasteiger charge is -2.17. The molecule has 1 aliphatic heterocycles. The van der Waals surface area contributed by atoms with Gasteiger partial charge in [-0.15, -0.1) is 0 Å². The summed E-state index contributed by atoms with van der Waals surface area (Å²) >= 11 is 0. The second-order valence-electron chi connectivity index (χ2n) is 3.65. The minimum atomic E-state index is -1.84. The highest BCUT2D eigenvalue weighted by atomic mass is 32.2. The molecule has 3 heteroatoms. The van der Waals surface area contributed by atoms with Crippen LogP contribution in [0.25, 0.3) is 0 Å². The van der Waals surface area contributed by atoms with Crippen LogP contribution in [0.3, 0.4) is 0 Å². The Morgan fingerprint density at radius 2 is 2.21 bits per heavy atom. The normalized spacial score (nSPS) is 18.6. The van der Waals surface area contributed by atoms with Gasteiger partial charge in [-0.3, -0.25) is 0 Å². The van der Waals surface area contributed by atoms with Crippen molar-refractivity contribution in [3.05, 3.63) is 29.8 Å². The van der Waals surface area contributed by atoms with Gasteiger partial charge < -0.3 is 0 Å². The molecule has 1 aliphatic rings. The fourth-order valence-corrected chi connectivity index (χ4v) is 2.97. The summed E-state index contributed by atoms with van der Waals surface area (Å²) < 4.78 is 16.2. The predicted octanol–water partition coefficient (Wildman–Crippen LogP) is 2.75. The minimum absolute atomic E-state index is 0.781. The van der Waals surface area contributed by atoms with Crippen molar-refractivity contribution in [2.24, 2.45) is 4.36 Å². The lowest BCUT2D eigenvalue weighted by molar-refractivity contribution is 0.663. The van der Waals surface area contributed by atoms with Crippen LogP contribution in [-0.2, 0) is 16.1 Å². The largest absolute Gasteiger partial charge is 0.249 e.